The normalized spacial score (nSPS) is 14.5. The van der Waals surface area contributed by atoms with Crippen LogP contribution in [0.25, 0.3) is 0 Å². The summed E-state index contributed by atoms with van der Waals surface area (Å²) in [6.07, 6.45) is 1.92. The Labute approximate surface area is 195 Å². The van der Waals surface area contributed by atoms with Gasteiger partial charge < -0.3 is 21.5 Å². The Morgan fingerprint density at radius 3 is 2.03 bits per heavy atom. The Kier molecular flexibility index (Phi) is 10.7. The van der Waals surface area contributed by atoms with Crippen molar-refractivity contribution in [1.29, 1.82) is 0 Å². The van der Waals surface area contributed by atoms with Gasteiger partial charge in [-0.2, -0.15) is 0 Å². The van der Waals surface area contributed by atoms with Crippen LogP contribution in [0.2, 0.25) is 0 Å². The van der Waals surface area contributed by atoms with E-state index in [2.05, 4.69) is 10.6 Å². The van der Waals surface area contributed by atoms with E-state index in [0.717, 1.165) is 11.1 Å². The molecule has 2 aromatic carbocycles. The number of carbonyl (C=O) groups is 3. The zero-order valence-corrected chi connectivity index (χ0v) is 19.4. The fourth-order valence-electron chi connectivity index (χ4n) is 3.56. The van der Waals surface area contributed by atoms with Crippen LogP contribution in [0.1, 0.15) is 37.8 Å². The highest BCUT2D eigenvalue weighted by Crippen LogP contribution is 2.12. The number of aliphatic hydroxyl groups excluding tert-OH is 1. The van der Waals surface area contributed by atoms with Crippen molar-refractivity contribution in [3.05, 3.63) is 71.8 Å². The van der Waals surface area contributed by atoms with Crippen LogP contribution in [0.3, 0.4) is 0 Å². The Morgan fingerprint density at radius 1 is 0.909 bits per heavy atom. The summed E-state index contributed by atoms with van der Waals surface area (Å²) in [4.78, 5) is 38.1. The highest BCUT2D eigenvalue weighted by atomic mass is 16.3. The second-order valence-electron chi connectivity index (χ2n) is 8.38. The van der Waals surface area contributed by atoms with Crippen LogP contribution in [-0.2, 0) is 27.2 Å². The number of hydrogen-bond donors (Lipinski definition) is 4. The number of carbonyl (C=O) groups excluding carboxylic acids is 3. The third-order valence-corrected chi connectivity index (χ3v) is 5.85. The Morgan fingerprint density at radius 2 is 1.48 bits per heavy atom. The summed E-state index contributed by atoms with van der Waals surface area (Å²) in [6.45, 7) is 3.12. The molecular formula is C26H35N3O4. The van der Waals surface area contributed by atoms with Crippen molar-refractivity contribution >= 4 is 17.6 Å². The number of ketones is 1. The van der Waals surface area contributed by atoms with Gasteiger partial charge in [0, 0.05) is 0 Å². The first-order valence-corrected chi connectivity index (χ1v) is 11.4. The minimum absolute atomic E-state index is 0.170. The minimum atomic E-state index is -0.843. The van der Waals surface area contributed by atoms with Gasteiger partial charge in [-0.1, -0.05) is 80.9 Å². The first-order valence-electron chi connectivity index (χ1n) is 11.4. The first-order chi connectivity index (χ1) is 15.8. The van der Waals surface area contributed by atoms with Crippen molar-refractivity contribution in [2.24, 2.45) is 11.7 Å². The molecule has 2 aromatic rings. The van der Waals surface area contributed by atoms with Crippen molar-refractivity contribution in [2.45, 2.75) is 57.7 Å². The number of aliphatic hydroxyl groups is 1. The van der Waals surface area contributed by atoms with Crippen LogP contribution in [0, 0.1) is 5.92 Å². The lowest BCUT2D eigenvalue weighted by Gasteiger charge is -2.27. The molecule has 0 fully saturated rings. The summed E-state index contributed by atoms with van der Waals surface area (Å²) < 4.78 is 0. The van der Waals surface area contributed by atoms with Crippen molar-refractivity contribution in [2.75, 3.05) is 6.61 Å². The summed E-state index contributed by atoms with van der Waals surface area (Å²) in [5.74, 6) is -1.51. The number of aryl methyl sites for hydroxylation is 1. The van der Waals surface area contributed by atoms with Gasteiger partial charge in [0.05, 0.1) is 12.1 Å². The van der Waals surface area contributed by atoms with Crippen LogP contribution >= 0.6 is 0 Å². The average Bonchev–Trinajstić information content (AvgIpc) is 2.84. The predicted molar refractivity (Wildman–Crippen MR) is 128 cm³/mol. The van der Waals surface area contributed by atoms with Gasteiger partial charge in [-0.25, -0.2) is 0 Å². The zero-order valence-electron chi connectivity index (χ0n) is 19.4. The summed E-state index contributed by atoms with van der Waals surface area (Å²) in [5.41, 5.74) is 8.05. The minimum Gasteiger partial charge on any atom is -0.389 e. The lowest BCUT2D eigenvalue weighted by molar-refractivity contribution is -0.133. The Bertz CT molecular complexity index is 889. The first kappa shape index (κ1) is 26.2. The molecule has 2 amide bonds. The van der Waals surface area contributed by atoms with Gasteiger partial charge in [0.15, 0.2) is 5.78 Å². The van der Waals surface area contributed by atoms with E-state index in [-0.39, 0.29) is 5.92 Å². The molecule has 0 radical (unpaired) electrons. The van der Waals surface area contributed by atoms with Crippen molar-refractivity contribution in [3.63, 3.8) is 0 Å². The molecule has 7 heteroatoms. The van der Waals surface area contributed by atoms with Crippen LogP contribution in [0.5, 0.6) is 0 Å². The molecular weight excluding hydrogens is 418 g/mol. The molecule has 33 heavy (non-hydrogen) atoms. The van der Waals surface area contributed by atoms with Crippen molar-refractivity contribution in [3.8, 4) is 0 Å². The number of nitrogens with two attached hydrogens (primary N) is 1. The zero-order chi connectivity index (χ0) is 24.2. The molecule has 5 N–H and O–H groups in total. The van der Waals surface area contributed by atoms with E-state index in [1.807, 2.05) is 74.5 Å². The van der Waals surface area contributed by atoms with E-state index in [9.17, 15) is 19.5 Å². The maximum absolute atomic E-state index is 13.1. The number of Topliss-reactive ketones (excluding diaryl/α,β-unsaturated/α-hetero) is 1. The van der Waals surface area contributed by atoms with Gasteiger partial charge in [0.1, 0.15) is 12.6 Å². The average molecular weight is 454 g/mol. The van der Waals surface area contributed by atoms with Crippen LogP contribution < -0.4 is 16.4 Å². The molecule has 178 valence electrons. The molecule has 0 aliphatic rings. The Hall–Kier alpha value is -3.03. The molecule has 0 spiro atoms. The molecule has 0 saturated carbocycles. The van der Waals surface area contributed by atoms with E-state index in [1.54, 1.807) is 0 Å². The molecule has 4 atom stereocenters. The van der Waals surface area contributed by atoms with E-state index in [0.29, 0.717) is 25.7 Å². The van der Waals surface area contributed by atoms with Crippen molar-refractivity contribution in [1.82, 2.24) is 10.6 Å². The smallest absolute Gasteiger partial charge is 0.243 e. The molecule has 0 bridgehead atoms. The van der Waals surface area contributed by atoms with Gasteiger partial charge in [-0.15, -0.1) is 0 Å². The lowest BCUT2D eigenvalue weighted by atomic mass is 9.96. The molecule has 0 aliphatic carbocycles. The number of rotatable bonds is 13. The second kappa shape index (κ2) is 13.5. The second-order valence-corrected chi connectivity index (χ2v) is 8.38. The van der Waals surface area contributed by atoms with Crippen LogP contribution in [0.15, 0.2) is 60.7 Å². The number of amides is 2. The quantitative estimate of drug-likeness (QED) is 0.368. The van der Waals surface area contributed by atoms with Crippen molar-refractivity contribution < 1.29 is 19.5 Å². The monoisotopic (exact) mass is 453 g/mol. The molecule has 0 aromatic heterocycles. The molecule has 4 unspecified atom stereocenters. The maximum Gasteiger partial charge on any atom is 0.243 e. The summed E-state index contributed by atoms with van der Waals surface area (Å²) in [5, 5.41) is 14.9. The van der Waals surface area contributed by atoms with Crippen LogP contribution in [0.4, 0.5) is 0 Å². The largest absolute Gasteiger partial charge is 0.389 e. The van der Waals surface area contributed by atoms with Gasteiger partial charge in [-0.05, 0) is 36.3 Å². The summed E-state index contributed by atoms with van der Waals surface area (Å²) in [7, 11) is 0. The number of benzene rings is 2. The molecule has 0 saturated heterocycles. The lowest BCUT2D eigenvalue weighted by Crippen LogP contribution is -2.57. The van der Waals surface area contributed by atoms with E-state index in [1.165, 1.54) is 0 Å². The fourth-order valence-corrected chi connectivity index (χ4v) is 3.56. The number of nitrogens with one attached hydrogen (secondary N) is 2. The molecule has 2 rings (SSSR count). The Balaban J connectivity index is 2.05. The fraction of sp³-hybridized carbons (Fsp3) is 0.423. The van der Waals surface area contributed by atoms with E-state index >= 15 is 0 Å². The molecule has 0 heterocycles. The predicted octanol–water partition coefficient (Wildman–Crippen LogP) is 1.77. The van der Waals surface area contributed by atoms with Gasteiger partial charge in [0.2, 0.25) is 11.8 Å². The topological polar surface area (TPSA) is 122 Å². The standard InChI is InChI=1S/C26H35N3O4/c1-3-18(2)24(29-25(32)21(27)16-20-12-8-5-9-13-20)26(33)28-22(23(31)17-30)15-14-19-10-6-4-7-11-19/h4-13,18,21-22,24,30H,3,14-17,27H2,1-2H3,(H,28,33)(H,29,32). The SMILES string of the molecule is CCC(C)C(NC(=O)C(N)Cc1ccccc1)C(=O)NC(CCc1ccccc1)C(=O)CO. The number of hydrogen-bond acceptors (Lipinski definition) is 5. The van der Waals surface area contributed by atoms with E-state index < -0.39 is 42.3 Å². The summed E-state index contributed by atoms with van der Waals surface area (Å²) in [6, 6.07) is 16.5. The van der Waals surface area contributed by atoms with E-state index in [4.69, 9.17) is 5.73 Å². The van der Waals surface area contributed by atoms with Gasteiger partial charge >= 0.3 is 0 Å². The molecule has 7 nitrogen and oxygen atoms in total. The molecule has 0 aliphatic heterocycles. The highest BCUT2D eigenvalue weighted by Gasteiger charge is 2.30. The third-order valence-electron chi connectivity index (χ3n) is 5.85. The third kappa shape index (κ3) is 8.44. The van der Waals surface area contributed by atoms with Gasteiger partial charge in [0.25, 0.3) is 0 Å². The summed E-state index contributed by atoms with van der Waals surface area (Å²) >= 11 is 0. The maximum atomic E-state index is 13.1. The highest BCUT2D eigenvalue weighted by molar-refractivity contribution is 5.94. The van der Waals surface area contributed by atoms with Gasteiger partial charge in [-0.3, -0.25) is 14.4 Å². The van der Waals surface area contributed by atoms with Crippen LogP contribution in [-0.4, -0.2) is 47.4 Å².